The number of esters is 1. The van der Waals surface area contributed by atoms with Gasteiger partial charge in [0.2, 0.25) is 0 Å². The van der Waals surface area contributed by atoms with Crippen LogP contribution in [0.15, 0.2) is 11.5 Å². The van der Waals surface area contributed by atoms with E-state index in [4.69, 9.17) is 16.2 Å². The van der Waals surface area contributed by atoms with Crippen LogP contribution in [0.3, 0.4) is 0 Å². The summed E-state index contributed by atoms with van der Waals surface area (Å²) < 4.78 is 5.04. The van der Waals surface area contributed by atoms with E-state index in [1.807, 2.05) is 0 Å². The highest BCUT2D eigenvalue weighted by molar-refractivity contribution is 7.86. The molecule has 120 valence electrons. The number of ether oxygens (including phenoxy) is 1. The number of carboxylic acids is 1. The molecule has 0 spiro atoms. The summed E-state index contributed by atoms with van der Waals surface area (Å²) in [5.74, 6) is -2.82. The van der Waals surface area contributed by atoms with Gasteiger partial charge in [0.05, 0.1) is 12.5 Å². The van der Waals surface area contributed by atoms with Crippen LogP contribution >= 0.6 is 0 Å². The fourth-order valence-corrected chi connectivity index (χ4v) is 5.33. The molecule has 5 atom stereocenters. The molecule has 0 radical (unpaired) electrons. The van der Waals surface area contributed by atoms with Crippen molar-refractivity contribution in [2.24, 2.45) is 23.5 Å². The lowest BCUT2D eigenvalue weighted by Crippen LogP contribution is -2.52. The zero-order valence-electron chi connectivity index (χ0n) is 11.9. The van der Waals surface area contributed by atoms with Gasteiger partial charge in [-0.25, -0.2) is 4.98 Å². The Morgan fingerprint density at radius 1 is 1.68 bits per heavy atom. The predicted octanol–water partition coefficient (Wildman–Crippen LogP) is -0.649. The molecule has 2 aliphatic carbocycles. The molecule has 9 heteroatoms. The third kappa shape index (κ3) is 2.05. The van der Waals surface area contributed by atoms with E-state index in [2.05, 4.69) is 15.2 Å². The van der Waals surface area contributed by atoms with Crippen LogP contribution in [0.5, 0.6) is 0 Å². The SMILES string of the molecule is C#[S-](c1ncn[nH]1)C1CC(N)(C(=O)OCC)C2C(C(=O)O)C12. The first kappa shape index (κ1) is 15.1. The molecule has 2 aliphatic rings. The predicted molar refractivity (Wildman–Crippen MR) is 77.0 cm³/mol. The van der Waals surface area contributed by atoms with E-state index in [1.165, 1.54) is 6.33 Å². The van der Waals surface area contributed by atoms with Crippen LogP contribution < -0.4 is 5.73 Å². The van der Waals surface area contributed by atoms with Crippen LogP contribution in [0, 0.1) is 23.4 Å². The van der Waals surface area contributed by atoms with E-state index in [9.17, 15) is 14.7 Å². The second-order valence-corrected chi connectivity index (χ2v) is 7.37. The summed E-state index contributed by atoms with van der Waals surface area (Å²) in [5, 5.41) is 16.1. The fourth-order valence-electron chi connectivity index (χ4n) is 3.58. The maximum Gasteiger partial charge on any atom is 0.326 e. The first-order chi connectivity index (χ1) is 10.4. The van der Waals surface area contributed by atoms with Crippen molar-refractivity contribution in [3.8, 4) is 5.69 Å². The number of nitrogens with zero attached hydrogens (tertiary/aromatic N) is 2. The highest BCUT2D eigenvalue weighted by Gasteiger charge is 2.72. The smallest absolute Gasteiger partial charge is 0.326 e. The minimum absolute atomic E-state index is 0.202. The second kappa shape index (κ2) is 5.12. The number of carboxylic acid groups (broad SMARTS) is 1. The summed E-state index contributed by atoms with van der Waals surface area (Å²) in [6.45, 7) is 1.89. The molecule has 0 bridgehead atoms. The van der Waals surface area contributed by atoms with Gasteiger partial charge in [-0.3, -0.25) is 14.7 Å². The maximum absolute atomic E-state index is 12.2. The minimum atomic E-state index is -1.29. The topological polar surface area (TPSA) is 131 Å². The van der Waals surface area contributed by atoms with Crippen LogP contribution in [-0.2, 0) is 24.6 Å². The number of carbonyl (C=O) groups is 2. The molecule has 4 N–H and O–H groups in total. The molecule has 8 nitrogen and oxygen atoms in total. The van der Waals surface area contributed by atoms with Crippen molar-refractivity contribution in [1.29, 1.82) is 0 Å². The zero-order chi connectivity index (χ0) is 16.1. The van der Waals surface area contributed by atoms with E-state index in [0.29, 0.717) is 11.6 Å². The van der Waals surface area contributed by atoms with Gasteiger partial charge >= 0.3 is 11.9 Å². The molecular formula is C13H17N4O4S-. The number of hydrogen-bond donors (Lipinski definition) is 3. The van der Waals surface area contributed by atoms with Crippen molar-refractivity contribution < 1.29 is 19.4 Å². The summed E-state index contributed by atoms with van der Waals surface area (Å²) in [6.07, 6.45) is 1.64. The van der Waals surface area contributed by atoms with E-state index in [0.717, 1.165) is 0 Å². The monoisotopic (exact) mass is 325 g/mol. The molecule has 22 heavy (non-hydrogen) atoms. The van der Waals surface area contributed by atoms with Crippen molar-refractivity contribution in [1.82, 2.24) is 15.2 Å². The molecule has 1 aromatic rings. The van der Waals surface area contributed by atoms with E-state index in [1.54, 1.807) is 6.92 Å². The third-order valence-corrected chi connectivity index (χ3v) is 6.30. The Kier molecular flexibility index (Phi) is 3.51. The largest absolute Gasteiger partial charge is 0.481 e. The molecule has 1 aromatic heterocycles. The van der Waals surface area contributed by atoms with Gasteiger partial charge in [0, 0.05) is 11.1 Å². The lowest BCUT2D eigenvalue weighted by atomic mass is 9.91. The lowest BCUT2D eigenvalue weighted by Gasteiger charge is -2.31. The molecule has 3 rings (SSSR count). The number of fused-ring (bicyclic) bond motifs is 1. The van der Waals surface area contributed by atoms with E-state index in [-0.39, 0.29) is 17.8 Å². The molecule has 0 aliphatic heterocycles. The highest BCUT2D eigenvalue weighted by Crippen LogP contribution is 2.63. The number of H-pyrrole nitrogens is 1. The van der Waals surface area contributed by atoms with Gasteiger partial charge < -0.3 is 31.6 Å². The Hall–Kier alpha value is -1.83. The van der Waals surface area contributed by atoms with Crippen LogP contribution in [0.4, 0.5) is 0 Å². The first-order valence-electron chi connectivity index (χ1n) is 6.93. The summed E-state index contributed by atoms with van der Waals surface area (Å²) in [5.41, 5.74) is 11.2. The number of carbonyl (C=O) groups excluding carboxylic acids is 1. The standard InChI is InChI=1S/C13H17N4O4S/c1-3-21-11(20)13(14)4-6(7-8(9(7)13)10(18)19)22(2)12-15-5-16-17-12/h2,5-9H,3-4,14H2,1H3,(H,18,19)(H,15,16,17)/q-1. The number of aromatic amines is 1. The number of hydrogen-bond acceptors (Lipinski definition) is 7. The van der Waals surface area contributed by atoms with Gasteiger partial charge in [0.15, 0.2) is 0 Å². The molecule has 0 amide bonds. The Balaban J connectivity index is 1.90. The molecule has 2 fully saturated rings. The number of aromatic nitrogens is 3. The number of nitrogens with two attached hydrogens (primary N) is 1. The minimum Gasteiger partial charge on any atom is -0.481 e. The van der Waals surface area contributed by atoms with Gasteiger partial charge in [-0.2, -0.15) is 5.10 Å². The average molecular weight is 325 g/mol. The van der Waals surface area contributed by atoms with Crippen molar-refractivity contribution >= 4 is 22.2 Å². The van der Waals surface area contributed by atoms with Crippen molar-refractivity contribution in [3.05, 3.63) is 6.33 Å². The quantitative estimate of drug-likeness (QED) is 0.497. The van der Waals surface area contributed by atoms with E-state index >= 15 is 0 Å². The third-order valence-electron chi connectivity index (χ3n) is 4.52. The first-order valence-corrected chi connectivity index (χ1v) is 8.28. The normalized spacial score (nSPS) is 36.1. The van der Waals surface area contributed by atoms with Gasteiger partial charge in [-0.1, -0.05) is 0 Å². The van der Waals surface area contributed by atoms with Crippen LogP contribution in [0.25, 0.3) is 0 Å². The van der Waals surface area contributed by atoms with Gasteiger partial charge in [-0.15, -0.1) is 5.25 Å². The van der Waals surface area contributed by atoms with Crippen LogP contribution in [0.1, 0.15) is 13.3 Å². The molecule has 1 heterocycles. The van der Waals surface area contributed by atoms with Crippen molar-refractivity contribution in [3.63, 3.8) is 0 Å². The Morgan fingerprint density at radius 3 is 2.95 bits per heavy atom. The van der Waals surface area contributed by atoms with Gasteiger partial charge in [-0.05, 0) is 19.3 Å². The Bertz CT molecular complexity index is 682. The van der Waals surface area contributed by atoms with Gasteiger partial charge in [0.25, 0.3) is 0 Å². The fraction of sp³-hybridized carbons (Fsp3) is 0.615. The maximum atomic E-state index is 12.2. The highest BCUT2D eigenvalue weighted by atomic mass is 32.2. The zero-order valence-corrected chi connectivity index (χ0v) is 12.7. The molecular weight excluding hydrogens is 308 g/mol. The van der Waals surface area contributed by atoms with Gasteiger partial charge in [0.1, 0.15) is 11.9 Å². The summed E-state index contributed by atoms with van der Waals surface area (Å²) in [7, 11) is -0.851. The summed E-state index contributed by atoms with van der Waals surface area (Å²) in [4.78, 5) is 27.7. The number of nitrogens with one attached hydrogen (secondary N) is 1. The lowest BCUT2D eigenvalue weighted by molar-refractivity contribution is -0.151. The molecule has 0 aromatic carbocycles. The van der Waals surface area contributed by atoms with Crippen LogP contribution in [0.2, 0.25) is 0 Å². The number of aliphatic carboxylic acids is 1. The molecule has 5 unspecified atom stereocenters. The average Bonchev–Trinajstić information content (AvgIpc) is 2.85. The summed E-state index contributed by atoms with van der Waals surface area (Å²) >= 11 is 0. The Labute approximate surface area is 129 Å². The van der Waals surface area contributed by atoms with Crippen molar-refractivity contribution in [2.75, 3.05) is 6.61 Å². The summed E-state index contributed by atoms with van der Waals surface area (Å²) in [6, 6.07) is 0. The Morgan fingerprint density at radius 2 is 2.41 bits per heavy atom. The van der Waals surface area contributed by atoms with E-state index < -0.39 is 39.6 Å². The van der Waals surface area contributed by atoms with Crippen molar-refractivity contribution in [2.45, 2.75) is 29.3 Å². The second-order valence-electron chi connectivity index (χ2n) is 5.63. The number of rotatable bonds is 3. The molecule has 2 saturated carbocycles. The van der Waals surface area contributed by atoms with Crippen LogP contribution in [-0.4, -0.2) is 49.6 Å². The molecule has 0 saturated heterocycles.